The van der Waals surface area contributed by atoms with Gasteiger partial charge in [0, 0.05) is 37.3 Å². The molecule has 0 radical (unpaired) electrons. The smallest absolute Gasteiger partial charge is 0.129 e. The second kappa shape index (κ2) is 8.89. The monoisotopic (exact) mass is 296 g/mol. The van der Waals surface area contributed by atoms with Crippen LogP contribution < -0.4 is 0 Å². The van der Waals surface area contributed by atoms with Gasteiger partial charge in [0.2, 0.25) is 0 Å². The highest BCUT2D eigenvalue weighted by Gasteiger charge is 2.16. The molecule has 1 unspecified atom stereocenters. The zero-order valence-corrected chi connectivity index (χ0v) is 13.5. The van der Waals surface area contributed by atoms with Crippen molar-refractivity contribution in [1.29, 1.82) is 0 Å². The van der Waals surface area contributed by atoms with Crippen LogP contribution >= 0.6 is 0 Å². The van der Waals surface area contributed by atoms with Crippen LogP contribution in [0.1, 0.15) is 20.8 Å². The van der Waals surface area contributed by atoms with Crippen molar-refractivity contribution in [3.8, 4) is 0 Å². The highest BCUT2D eigenvalue weighted by atomic mass is 32.2. The van der Waals surface area contributed by atoms with Crippen molar-refractivity contribution in [2.24, 2.45) is 0 Å². The van der Waals surface area contributed by atoms with Crippen molar-refractivity contribution in [3.05, 3.63) is 30.5 Å². The molecule has 0 saturated heterocycles. The molecule has 1 aromatic carbocycles. The highest BCUT2D eigenvalue weighted by Crippen LogP contribution is 2.22. The van der Waals surface area contributed by atoms with Crippen LogP contribution in [0.25, 0.3) is 10.9 Å². The minimum Gasteiger partial charge on any atom is -0.383 e. The topological polar surface area (TPSA) is 45.3 Å². The molecule has 1 heterocycles. The first-order chi connectivity index (χ1) is 9.77. The van der Waals surface area contributed by atoms with Crippen LogP contribution in [0, 0.1) is 0 Å². The molecule has 0 spiro atoms. The molecule has 2 rings (SSSR count). The molecule has 0 fully saturated rings. The average Bonchev–Trinajstić information content (AvgIpc) is 2.94. The summed E-state index contributed by atoms with van der Waals surface area (Å²) in [6, 6.07) is 7.90. The van der Waals surface area contributed by atoms with Crippen LogP contribution in [0.5, 0.6) is 0 Å². The molecular formula is C15H24N2O2S. The number of nitrogens with one attached hydrogen (secondary N) is 1. The summed E-state index contributed by atoms with van der Waals surface area (Å²) in [4.78, 5) is 3.99. The van der Waals surface area contributed by atoms with Crippen molar-refractivity contribution in [2.75, 3.05) is 26.8 Å². The van der Waals surface area contributed by atoms with E-state index in [2.05, 4.69) is 4.98 Å². The minimum absolute atomic E-state index is 0.585. The van der Waals surface area contributed by atoms with E-state index in [9.17, 15) is 4.21 Å². The van der Waals surface area contributed by atoms with Crippen molar-refractivity contribution in [3.63, 3.8) is 0 Å². The van der Waals surface area contributed by atoms with E-state index in [-0.39, 0.29) is 0 Å². The quantitative estimate of drug-likeness (QED) is 0.890. The van der Waals surface area contributed by atoms with Crippen LogP contribution in [0.15, 0.2) is 35.4 Å². The summed E-state index contributed by atoms with van der Waals surface area (Å²) in [6.45, 7) is 7.99. The Kier molecular flexibility index (Phi) is 7.51. The van der Waals surface area contributed by atoms with Gasteiger partial charge >= 0.3 is 0 Å². The van der Waals surface area contributed by atoms with Crippen molar-refractivity contribution >= 4 is 21.9 Å². The van der Waals surface area contributed by atoms with E-state index in [0.29, 0.717) is 13.2 Å². The summed E-state index contributed by atoms with van der Waals surface area (Å²) < 4.78 is 19.5. The van der Waals surface area contributed by atoms with Gasteiger partial charge in [-0.25, -0.2) is 8.51 Å². The third-order valence-corrected chi connectivity index (χ3v) is 4.50. The number of para-hydroxylation sites is 1. The van der Waals surface area contributed by atoms with Crippen LogP contribution in [0.3, 0.4) is 0 Å². The van der Waals surface area contributed by atoms with Crippen LogP contribution in [-0.2, 0) is 15.7 Å². The Morgan fingerprint density at radius 1 is 1.30 bits per heavy atom. The third-order valence-electron chi connectivity index (χ3n) is 2.87. The Hall–Kier alpha value is -1.17. The normalized spacial score (nSPS) is 12.2. The van der Waals surface area contributed by atoms with Gasteiger partial charge in [-0.1, -0.05) is 39.0 Å². The second-order valence-corrected chi connectivity index (χ2v) is 5.42. The Balaban J connectivity index is 0.000000956. The molecule has 0 bridgehead atoms. The lowest BCUT2D eigenvalue weighted by Gasteiger charge is -2.18. The van der Waals surface area contributed by atoms with E-state index in [4.69, 9.17) is 4.74 Å². The largest absolute Gasteiger partial charge is 0.383 e. The number of likely N-dealkylation sites (N-methyl/N-ethyl adjacent to an activating group) is 1. The summed E-state index contributed by atoms with van der Waals surface area (Å²) in [5.74, 6) is 0. The second-order valence-electron chi connectivity index (χ2n) is 3.96. The van der Waals surface area contributed by atoms with E-state index >= 15 is 0 Å². The van der Waals surface area contributed by atoms with E-state index < -0.39 is 11.0 Å². The van der Waals surface area contributed by atoms with Crippen molar-refractivity contribution in [1.82, 2.24) is 9.29 Å². The predicted octanol–water partition coefficient (Wildman–Crippen LogP) is 3.19. The fourth-order valence-corrected chi connectivity index (χ4v) is 3.16. The first kappa shape index (κ1) is 16.9. The first-order valence-electron chi connectivity index (χ1n) is 6.99. The molecule has 0 aliphatic heterocycles. The Bertz CT molecular complexity index is 539. The molecule has 2 aromatic rings. The zero-order chi connectivity index (χ0) is 15.0. The number of rotatable bonds is 6. The zero-order valence-electron chi connectivity index (χ0n) is 12.7. The maximum atomic E-state index is 12.5. The molecule has 1 aromatic heterocycles. The van der Waals surface area contributed by atoms with Gasteiger partial charge in [-0.2, -0.15) is 0 Å². The van der Waals surface area contributed by atoms with E-state index in [0.717, 1.165) is 22.3 Å². The molecule has 4 nitrogen and oxygen atoms in total. The highest BCUT2D eigenvalue weighted by molar-refractivity contribution is 7.83. The first-order valence-corrected chi connectivity index (χ1v) is 8.10. The molecule has 20 heavy (non-hydrogen) atoms. The number of nitrogens with zero attached hydrogens (tertiary/aromatic N) is 1. The number of methoxy groups -OCH3 is 1. The van der Waals surface area contributed by atoms with Gasteiger partial charge in [-0.05, 0) is 6.07 Å². The summed E-state index contributed by atoms with van der Waals surface area (Å²) in [7, 11) is 0.511. The summed E-state index contributed by atoms with van der Waals surface area (Å²) in [5, 5.41) is 1.02. The maximum absolute atomic E-state index is 12.5. The van der Waals surface area contributed by atoms with Gasteiger partial charge in [0.15, 0.2) is 0 Å². The molecule has 0 amide bonds. The van der Waals surface area contributed by atoms with Gasteiger partial charge in [-0.3, -0.25) is 0 Å². The Morgan fingerprint density at radius 3 is 2.65 bits per heavy atom. The fraction of sp³-hybridized carbons (Fsp3) is 0.467. The third kappa shape index (κ3) is 3.91. The number of aromatic nitrogens is 1. The summed E-state index contributed by atoms with van der Waals surface area (Å²) in [6.07, 6.45) is 1.83. The molecule has 5 heteroatoms. The SMILES string of the molecule is CC.CCN(CCOC)S(=O)c1c[nH]c2ccccc12. The lowest BCUT2D eigenvalue weighted by Crippen LogP contribution is -2.29. The molecule has 1 atom stereocenters. The standard InChI is InChI=1S/C13H18N2O2S.C2H6/c1-3-15(8-9-17-2)18(16)13-10-14-12-7-5-4-6-11(12)13;1-2/h4-7,10,14H,3,8-9H2,1-2H3;1-2H3. The summed E-state index contributed by atoms with van der Waals surface area (Å²) >= 11 is 0. The van der Waals surface area contributed by atoms with Crippen LogP contribution in [-0.4, -0.2) is 40.3 Å². The number of ether oxygens (including phenoxy) is 1. The van der Waals surface area contributed by atoms with E-state index in [1.165, 1.54) is 0 Å². The van der Waals surface area contributed by atoms with Gasteiger partial charge in [0.05, 0.1) is 11.5 Å². The molecule has 0 saturated carbocycles. The van der Waals surface area contributed by atoms with Gasteiger partial charge in [0.1, 0.15) is 11.0 Å². The number of hydrogen-bond donors (Lipinski definition) is 1. The number of benzene rings is 1. The number of aromatic amines is 1. The molecule has 112 valence electrons. The number of hydrogen-bond acceptors (Lipinski definition) is 2. The van der Waals surface area contributed by atoms with E-state index in [1.807, 2.05) is 55.5 Å². The van der Waals surface area contributed by atoms with Gasteiger partial charge in [0.25, 0.3) is 0 Å². The van der Waals surface area contributed by atoms with Crippen molar-refractivity contribution < 1.29 is 8.95 Å². The number of H-pyrrole nitrogens is 1. The van der Waals surface area contributed by atoms with Gasteiger partial charge < -0.3 is 9.72 Å². The van der Waals surface area contributed by atoms with E-state index in [1.54, 1.807) is 7.11 Å². The average molecular weight is 296 g/mol. The summed E-state index contributed by atoms with van der Waals surface area (Å²) in [5.41, 5.74) is 1.02. The lowest BCUT2D eigenvalue weighted by molar-refractivity contribution is 0.182. The Labute approximate surface area is 123 Å². The number of fused-ring (bicyclic) bond motifs is 1. The molecule has 0 aliphatic rings. The Morgan fingerprint density at radius 2 is 2.00 bits per heavy atom. The van der Waals surface area contributed by atoms with Crippen molar-refractivity contribution in [2.45, 2.75) is 25.7 Å². The minimum atomic E-state index is -1.14. The predicted molar refractivity (Wildman–Crippen MR) is 85.2 cm³/mol. The molecule has 1 N–H and O–H groups in total. The molecular weight excluding hydrogens is 272 g/mol. The lowest BCUT2D eigenvalue weighted by atomic mass is 10.2. The maximum Gasteiger partial charge on any atom is 0.129 e. The molecule has 0 aliphatic carbocycles. The van der Waals surface area contributed by atoms with Gasteiger partial charge in [-0.15, -0.1) is 0 Å². The van der Waals surface area contributed by atoms with Crippen LogP contribution in [0.4, 0.5) is 0 Å². The fourth-order valence-electron chi connectivity index (χ4n) is 1.88. The van der Waals surface area contributed by atoms with Crippen LogP contribution in [0.2, 0.25) is 0 Å².